The second-order valence-corrected chi connectivity index (χ2v) is 5.44. The van der Waals surface area contributed by atoms with E-state index in [9.17, 15) is 0 Å². The van der Waals surface area contributed by atoms with E-state index in [-0.39, 0.29) is 0 Å². The Bertz CT molecular complexity index is 940. The van der Waals surface area contributed by atoms with Gasteiger partial charge in [0.15, 0.2) is 0 Å². The van der Waals surface area contributed by atoms with Gasteiger partial charge in [-0.25, -0.2) is 9.50 Å². The molecule has 0 aliphatic rings. The Morgan fingerprint density at radius 3 is 2.74 bits per heavy atom. The molecule has 0 fully saturated rings. The summed E-state index contributed by atoms with van der Waals surface area (Å²) in [6.45, 7) is 2.01. The standard InChI is InChI=1S/C15H10BrN3/c1-9-8-13-15-11(6-7-14(16)17-15)10-4-2-3-5-12(10)19(13)18-9/h2-8H,1H3. The molecule has 0 N–H and O–H groups in total. The molecular formula is C15H10BrN3. The largest absolute Gasteiger partial charge is 0.239 e. The predicted molar refractivity (Wildman–Crippen MR) is 80.4 cm³/mol. The normalized spacial score (nSPS) is 11.7. The van der Waals surface area contributed by atoms with Crippen LogP contribution in [0.5, 0.6) is 0 Å². The molecule has 4 rings (SSSR count). The van der Waals surface area contributed by atoms with Crippen LogP contribution >= 0.6 is 15.9 Å². The monoisotopic (exact) mass is 311 g/mol. The summed E-state index contributed by atoms with van der Waals surface area (Å²) in [5, 5.41) is 6.92. The number of rotatable bonds is 0. The SMILES string of the molecule is Cc1cc2c3nc(Br)ccc3c3ccccc3n2n1. The highest BCUT2D eigenvalue weighted by molar-refractivity contribution is 9.10. The predicted octanol–water partition coefficient (Wildman–Crippen LogP) is 4.11. The van der Waals surface area contributed by atoms with Crippen molar-refractivity contribution in [1.29, 1.82) is 0 Å². The van der Waals surface area contributed by atoms with Gasteiger partial charge in [-0.15, -0.1) is 0 Å². The first-order valence-corrected chi connectivity index (χ1v) is 6.87. The number of benzene rings is 1. The first-order valence-electron chi connectivity index (χ1n) is 6.07. The van der Waals surface area contributed by atoms with E-state index < -0.39 is 0 Å². The van der Waals surface area contributed by atoms with Crippen molar-refractivity contribution in [2.24, 2.45) is 0 Å². The van der Waals surface area contributed by atoms with Crippen molar-refractivity contribution < 1.29 is 0 Å². The lowest BCUT2D eigenvalue weighted by atomic mass is 10.1. The molecule has 92 valence electrons. The zero-order valence-corrected chi connectivity index (χ0v) is 11.8. The maximum absolute atomic E-state index is 4.62. The molecule has 4 heteroatoms. The maximum Gasteiger partial charge on any atom is 0.106 e. The molecule has 0 bridgehead atoms. The molecule has 0 amide bonds. The van der Waals surface area contributed by atoms with Crippen LogP contribution in [-0.2, 0) is 0 Å². The number of aryl methyl sites for hydroxylation is 1. The average molecular weight is 312 g/mol. The van der Waals surface area contributed by atoms with E-state index in [0.29, 0.717) is 0 Å². The molecule has 0 aliphatic carbocycles. The van der Waals surface area contributed by atoms with Crippen molar-refractivity contribution in [1.82, 2.24) is 14.6 Å². The fourth-order valence-corrected chi connectivity index (χ4v) is 2.90. The van der Waals surface area contributed by atoms with Crippen molar-refractivity contribution in [3.63, 3.8) is 0 Å². The van der Waals surface area contributed by atoms with Gasteiger partial charge >= 0.3 is 0 Å². The third-order valence-corrected chi connectivity index (χ3v) is 3.80. The van der Waals surface area contributed by atoms with Crippen LogP contribution in [0.25, 0.3) is 27.3 Å². The minimum absolute atomic E-state index is 0.844. The Kier molecular flexibility index (Phi) is 2.17. The van der Waals surface area contributed by atoms with E-state index in [4.69, 9.17) is 0 Å². The van der Waals surface area contributed by atoms with Gasteiger partial charge in [0, 0.05) is 10.8 Å². The number of para-hydroxylation sites is 1. The number of fused-ring (bicyclic) bond motifs is 6. The van der Waals surface area contributed by atoms with Gasteiger partial charge in [-0.05, 0) is 47.1 Å². The summed E-state index contributed by atoms with van der Waals surface area (Å²) in [6.07, 6.45) is 0. The minimum Gasteiger partial charge on any atom is -0.239 e. The molecule has 1 aromatic carbocycles. The van der Waals surface area contributed by atoms with Gasteiger partial charge in [-0.2, -0.15) is 5.10 Å². The van der Waals surface area contributed by atoms with Gasteiger partial charge in [0.25, 0.3) is 0 Å². The van der Waals surface area contributed by atoms with Crippen LogP contribution in [0.4, 0.5) is 0 Å². The second kappa shape index (κ2) is 3.78. The third-order valence-electron chi connectivity index (χ3n) is 3.36. The Hall–Kier alpha value is -1.94. The van der Waals surface area contributed by atoms with E-state index in [1.165, 1.54) is 5.39 Å². The van der Waals surface area contributed by atoms with Crippen LogP contribution in [0.2, 0.25) is 0 Å². The number of aromatic nitrogens is 3. The van der Waals surface area contributed by atoms with Gasteiger partial charge < -0.3 is 0 Å². The van der Waals surface area contributed by atoms with Gasteiger partial charge in [0.2, 0.25) is 0 Å². The van der Waals surface area contributed by atoms with Gasteiger partial charge in [0.05, 0.1) is 22.2 Å². The van der Waals surface area contributed by atoms with Crippen LogP contribution < -0.4 is 0 Å². The molecule has 3 heterocycles. The smallest absolute Gasteiger partial charge is 0.106 e. The van der Waals surface area contributed by atoms with Crippen LogP contribution in [-0.4, -0.2) is 14.6 Å². The summed E-state index contributed by atoms with van der Waals surface area (Å²) in [4.78, 5) is 4.62. The fourth-order valence-electron chi connectivity index (χ4n) is 2.59. The van der Waals surface area contributed by atoms with Gasteiger partial charge in [0.1, 0.15) is 4.60 Å². The number of hydrogen-bond donors (Lipinski definition) is 0. The van der Waals surface area contributed by atoms with E-state index in [0.717, 1.165) is 32.2 Å². The Morgan fingerprint density at radius 1 is 1.00 bits per heavy atom. The zero-order valence-electron chi connectivity index (χ0n) is 10.3. The summed E-state index contributed by atoms with van der Waals surface area (Å²) in [5.74, 6) is 0. The van der Waals surface area contributed by atoms with Crippen molar-refractivity contribution >= 4 is 43.3 Å². The van der Waals surface area contributed by atoms with Crippen molar-refractivity contribution in [2.75, 3.05) is 0 Å². The molecule has 0 aliphatic heterocycles. The molecule has 0 unspecified atom stereocenters. The molecular weight excluding hydrogens is 302 g/mol. The van der Waals surface area contributed by atoms with Crippen LogP contribution in [0.3, 0.4) is 0 Å². The number of halogens is 1. The maximum atomic E-state index is 4.62. The van der Waals surface area contributed by atoms with Crippen molar-refractivity contribution in [2.45, 2.75) is 6.92 Å². The molecule has 4 aromatic rings. The fraction of sp³-hybridized carbons (Fsp3) is 0.0667. The van der Waals surface area contributed by atoms with E-state index >= 15 is 0 Å². The minimum atomic E-state index is 0.844. The summed E-state index contributed by atoms with van der Waals surface area (Å²) in [5.41, 5.74) is 4.14. The highest BCUT2D eigenvalue weighted by atomic mass is 79.9. The van der Waals surface area contributed by atoms with Crippen molar-refractivity contribution in [3.8, 4) is 0 Å². The highest BCUT2D eigenvalue weighted by Crippen LogP contribution is 2.29. The summed E-state index contributed by atoms with van der Waals surface area (Å²) < 4.78 is 2.82. The topological polar surface area (TPSA) is 30.2 Å². The Balaban J connectivity index is 2.42. The number of nitrogens with zero attached hydrogens (tertiary/aromatic N) is 3. The zero-order chi connectivity index (χ0) is 13.0. The first kappa shape index (κ1) is 10.9. The summed E-state index contributed by atoms with van der Waals surface area (Å²) in [7, 11) is 0. The van der Waals surface area contributed by atoms with Crippen LogP contribution in [0.1, 0.15) is 5.69 Å². The molecule has 3 nitrogen and oxygen atoms in total. The van der Waals surface area contributed by atoms with Crippen molar-refractivity contribution in [3.05, 3.63) is 52.8 Å². The first-order chi connectivity index (χ1) is 9.24. The molecule has 3 aromatic heterocycles. The van der Waals surface area contributed by atoms with Crippen LogP contribution in [0.15, 0.2) is 47.1 Å². The molecule has 19 heavy (non-hydrogen) atoms. The summed E-state index contributed by atoms with van der Waals surface area (Å²) in [6, 6.07) is 14.5. The average Bonchev–Trinajstić information content (AvgIpc) is 2.81. The second-order valence-electron chi connectivity index (χ2n) is 4.63. The van der Waals surface area contributed by atoms with E-state index in [1.54, 1.807) is 0 Å². The number of pyridine rings is 2. The molecule has 0 radical (unpaired) electrons. The summed E-state index contributed by atoms with van der Waals surface area (Å²) >= 11 is 3.45. The van der Waals surface area contributed by atoms with E-state index in [1.807, 2.05) is 29.6 Å². The lowest BCUT2D eigenvalue weighted by molar-refractivity contribution is 0.973. The Labute approximate surface area is 118 Å². The quantitative estimate of drug-likeness (QED) is 0.361. The third kappa shape index (κ3) is 1.50. The lowest BCUT2D eigenvalue weighted by Gasteiger charge is -2.07. The van der Waals surface area contributed by atoms with Gasteiger partial charge in [-0.3, -0.25) is 0 Å². The van der Waals surface area contributed by atoms with E-state index in [2.05, 4.69) is 50.3 Å². The lowest BCUT2D eigenvalue weighted by Crippen LogP contribution is -1.94. The highest BCUT2D eigenvalue weighted by Gasteiger charge is 2.11. The molecule has 0 atom stereocenters. The molecule has 0 spiro atoms. The van der Waals surface area contributed by atoms with Gasteiger partial charge in [-0.1, -0.05) is 18.2 Å². The van der Waals surface area contributed by atoms with Crippen LogP contribution in [0, 0.1) is 6.92 Å². The number of hydrogen-bond acceptors (Lipinski definition) is 2. The molecule has 0 saturated carbocycles. The molecule has 0 saturated heterocycles. The Morgan fingerprint density at radius 2 is 1.84 bits per heavy atom.